The van der Waals surface area contributed by atoms with Crippen molar-refractivity contribution in [3.63, 3.8) is 0 Å². The van der Waals surface area contributed by atoms with E-state index in [2.05, 4.69) is 28.8 Å². The Morgan fingerprint density at radius 3 is 2.54 bits per heavy atom. The minimum atomic E-state index is -0.579. The lowest BCUT2D eigenvalue weighted by molar-refractivity contribution is -0.136. The van der Waals surface area contributed by atoms with E-state index < -0.39 is 6.04 Å². The molecule has 2 aliphatic heterocycles. The fourth-order valence-electron chi connectivity index (χ4n) is 5.72. The first-order valence-electron chi connectivity index (χ1n) is 12.5. The molecule has 0 spiro atoms. The van der Waals surface area contributed by atoms with Gasteiger partial charge in [0.1, 0.15) is 6.04 Å². The summed E-state index contributed by atoms with van der Waals surface area (Å²) in [5.41, 5.74) is 4.71. The summed E-state index contributed by atoms with van der Waals surface area (Å²) < 4.78 is 0. The van der Waals surface area contributed by atoms with Crippen LogP contribution in [-0.4, -0.2) is 34.7 Å². The number of nitriles is 1. The van der Waals surface area contributed by atoms with Crippen molar-refractivity contribution >= 4 is 17.7 Å². The van der Waals surface area contributed by atoms with Crippen LogP contribution in [0.1, 0.15) is 71.1 Å². The van der Waals surface area contributed by atoms with E-state index in [1.165, 1.54) is 30.4 Å². The van der Waals surface area contributed by atoms with Crippen LogP contribution in [0.4, 0.5) is 0 Å². The third kappa shape index (κ3) is 4.98. The zero-order chi connectivity index (χ0) is 24.4. The highest BCUT2D eigenvalue weighted by Crippen LogP contribution is 2.32. The fraction of sp³-hybridized carbons (Fsp3) is 0.429. The van der Waals surface area contributed by atoms with E-state index in [1.807, 2.05) is 30.3 Å². The number of imide groups is 1. The predicted molar refractivity (Wildman–Crippen MR) is 130 cm³/mol. The van der Waals surface area contributed by atoms with Crippen molar-refractivity contribution in [1.82, 2.24) is 15.5 Å². The second-order valence-corrected chi connectivity index (χ2v) is 9.94. The van der Waals surface area contributed by atoms with E-state index in [-0.39, 0.29) is 24.1 Å². The molecule has 5 rings (SSSR count). The highest BCUT2D eigenvalue weighted by atomic mass is 16.2. The van der Waals surface area contributed by atoms with Crippen LogP contribution in [-0.2, 0) is 29.1 Å². The zero-order valence-electron chi connectivity index (χ0n) is 19.8. The van der Waals surface area contributed by atoms with Crippen molar-refractivity contribution in [3.05, 3.63) is 70.3 Å². The lowest BCUT2D eigenvalue weighted by atomic mass is 9.80. The molecule has 35 heavy (non-hydrogen) atoms. The van der Waals surface area contributed by atoms with Gasteiger partial charge in [-0.2, -0.15) is 5.26 Å². The molecule has 0 radical (unpaired) electrons. The Hall–Kier alpha value is -3.50. The molecule has 3 atom stereocenters. The number of amides is 3. The molecule has 0 aromatic heterocycles. The van der Waals surface area contributed by atoms with E-state index in [1.54, 1.807) is 4.90 Å². The van der Waals surface area contributed by atoms with Gasteiger partial charge in [-0.3, -0.25) is 19.7 Å². The largest absolute Gasteiger partial charge is 0.322 e. The smallest absolute Gasteiger partial charge is 0.255 e. The van der Waals surface area contributed by atoms with Crippen LogP contribution in [0.5, 0.6) is 0 Å². The first kappa shape index (κ1) is 23.3. The first-order valence-corrected chi connectivity index (χ1v) is 12.5. The van der Waals surface area contributed by atoms with Crippen LogP contribution in [0, 0.1) is 17.2 Å². The molecule has 1 saturated carbocycles. The summed E-state index contributed by atoms with van der Waals surface area (Å²) in [6.45, 7) is 1.20. The van der Waals surface area contributed by atoms with Crippen molar-refractivity contribution in [2.24, 2.45) is 5.92 Å². The first-order chi connectivity index (χ1) is 17.0. The van der Waals surface area contributed by atoms with Crippen LogP contribution < -0.4 is 10.6 Å². The number of rotatable bonds is 6. The molecule has 1 aliphatic carbocycles. The summed E-state index contributed by atoms with van der Waals surface area (Å²) in [6.07, 6.45) is 6.36. The Morgan fingerprint density at radius 2 is 1.77 bits per heavy atom. The topological polar surface area (TPSA) is 102 Å². The summed E-state index contributed by atoms with van der Waals surface area (Å²) in [5, 5.41) is 15.1. The fourth-order valence-corrected chi connectivity index (χ4v) is 5.72. The van der Waals surface area contributed by atoms with Crippen molar-refractivity contribution in [3.8, 4) is 6.07 Å². The summed E-state index contributed by atoms with van der Waals surface area (Å²) in [7, 11) is 0. The number of nitrogens with one attached hydrogen (secondary N) is 2. The van der Waals surface area contributed by atoms with E-state index >= 15 is 0 Å². The molecular formula is C28H30N4O3. The van der Waals surface area contributed by atoms with Gasteiger partial charge in [0, 0.05) is 31.1 Å². The number of hydrogen-bond donors (Lipinski definition) is 2. The molecule has 7 nitrogen and oxygen atoms in total. The summed E-state index contributed by atoms with van der Waals surface area (Å²) in [6, 6.07) is 15.8. The average molecular weight is 471 g/mol. The average Bonchev–Trinajstić information content (AvgIpc) is 3.19. The lowest BCUT2D eigenvalue weighted by Gasteiger charge is -2.32. The molecule has 1 saturated heterocycles. The molecule has 2 fully saturated rings. The highest BCUT2D eigenvalue weighted by molar-refractivity contribution is 6.05. The minimum absolute atomic E-state index is 0.124. The van der Waals surface area contributed by atoms with Crippen LogP contribution in [0.25, 0.3) is 0 Å². The maximum Gasteiger partial charge on any atom is 0.255 e. The van der Waals surface area contributed by atoms with Gasteiger partial charge in [0.15, 0.2) is 0 Å². The van der Waals surface area contributed by atoms with Crippen LogP contribution in [0.2, 0.25) is 0 Å². The number of nitrogens with zero attached hydrogens (tertiary/aromatic N) is 2. The Balaban J connectivity index is 1.24. The number of hydrogen-bond acceptors (Lipinski definition) is 5. The molecule has 1 unspecified atom stereocenters. The normalized spacial score (nSPS) is 24.1. The Bertz CT molecular complexity index is 1180. The van der Waals surface area contributed by atoms with Gasteiger partial charge >= 0.3 is 0 Å². The van der Waals surface area contributed by atoms with Crippen molar-refractivity contribution in [2.75, 3.05) is 0 Å². The number of benzene rings is 2. The van der Waals surface area contributed by atoms with Gasteiger partial charge in [-0.15, -0.1) is 0 Å². The van der Waals surface area contributed by atoms with Gasteiger partial charge in [0.2, 0.25) is 11.8 Å². The Morgan fingerprint density at radius 1 is 1.00 bits per heavy atom. The van der Waals surface area contributed by atoms with Crippen LogP contribution in [0.3, 0.4) is 0 Å². The molecule has 2 N–H and O–H groups in total. The molecule has 2 heterocycles. The molecule has 180 valence electrons. The van der Waals surface area contributed by atoms with Gasteiger partial charge in [0.05, 0.1) is 11.6 Å². The SMILES string of the molecule is N#Cc1ccc(CN[C@H]2CCCC[C@@H]2Cc2ccc3c(c2)CN(C2CCC(=O)NC2=O)C3=O)cc1. The van der Waals surface area contributed by atoms with Gasteiger partial charge in [0.25, 0.3) is 5.91 Å². The van der Waals surface area contributed by atoms with Crippen molar-refractivity contribution in [1.29, 1.82) is 5.26 Å². The molecule has 3 aliphatic rings. The maximum atomic E-state index is 13.0. The Kier molecular flexibility index (Phi) is 6.65. The zero-order valence-corrected chi connectivity index (χ0v) is 19.8. The van der Waals surface area contributed by atoms with Crippen LogP contribution >= 0.6 is 0 Å². The molecule has 2 aromatic carbocycles. The molecule has 0 bridgehead atoms. The van der Waals surface area contributed by atoms with Crippen molar-refractivity contribution in [2.45, 2.75) is 70.1 Å². The number of carbonyl (C=O) groups excluding carboxylic acids is 3. The summed E-state index contributed by atoms with van der Waals surface area (Å²) in [5.74, 6) is -0.252. The molecule has 7 heteroatoms. The van der Waals surface area contributed by atoms with Gasteiger partial charge in [-0.05, 0) is 66.5 Å². The summed E-state index contributed by atoms with van der Waals surface area (Å²) in [4.78, 5) is 38.4. The van der Waals surface area contributed by atoms with Crippen molar-refractivity contribution < 1.29 is 14.4 Å². The number of piperidine rings is 1. The predicted octanol–water partition coefficient (Wildman–Crippen LogP) is 3.21. The third-order valence-electron chi connectivity index (χ3n) is 7.65. The van der Waals surface area contributed by atoms with E-state index in [4.69, 9.17) is 5.26 Å². The minimum Gasteiger partial charge on any atom is -0.322 e. The van der Waals surface area contributed by atoms with Gasteiger partial charge in [-0.25, -0.2) is 0 Å². The lowest BCUT2D eigenvalue weighted by Crippen LogP contribution is -2.52. The summed E-state index contributed by atoms with van der Waals surface area (Å²) >= 11 is 0. The number of carbonyl (C=O) groups is 3. The number of fused-ring (bicyclic) bond motifs is 1. The molecular weight excluding hydrogens is 440 g/mol. The monoisotopic (exact) mass is 470 g/mol. The Labute approximate surface area is 205 Å². The van der Waals surface area contributed by atoms with E-state index in [9.17, 15) is 14.4 Å². The molecule has 3 amide bonds. The third-order valence-corrected chi connectivity index (χ3v) is 7.65. The second-order valence-electron chi connectivity index (χ2n) is 9.94. The standard InChI is InChI=1S/C28H30N4O3/c29-15-18-5-7-19(8-6-18)16-30-24-4-2-1-3-21(24)13-20-9-10-23-22(14-20)17-32(28(23)35)25-11-12-26(33)31-27(25)34/h5-10,14,21,24-25,30H,1-4,11-13,16-17H2,(H,31,33,34)/t21-,24+,25?/m1/s1. The quantitative estimate of drug-likeness (QED) is 0.631. The van der Waals surface area contributed by atoms with E-state index in [0.717, 1.165) is 24.9 Å². The van der Waals surface area contributed by atoms with Gasteiger partial charge < -0.3 is 10.2 Å². The maximum absolute atomic E-state index is 13.0. The van der Waals surface area contributed by atoms with Gasteiger partial charge in [-0.1, -0.05) is 37.1 Å². The second kappa shape index (κ2) is 10.0. The molecule has 2 aromatic rings. The van der Waals surface area contributed by atoms with Crippen LogP contribution in [0.15, 0.2) is 42.5 Å². The van der Waals surface area contributed by atoms with E-state index in [0.29, 0.717) is 36.1 Å². The highest BCUT2D eigenvalue weighted by Gasteiger charge is 2.39.